The number of ether oxygens (including phenoxy) is 1. The summed E-state index contributed by atoms with van der Waals surface area (Å²) in [6.07, 6.45) is 3.13. The van der Waals surface area contributed by atoms with Gasteiger partial charge in [-0.2, -0.15) is 0 Å². The minimum Gasteiger partial charge on any atom is -0.444 e. The Labute approximate surface area is 103 Å². The third kappa shape index (κ3) is 3.60. The van der Waals surface area contributed by atoms with E-state index in [-0.39, 0.29) is 6.09 Å². The third-order valence-electron chi connectivity index (χ3n) is 3.67. The molecule has 0 aromatic carbocycles. The number of carbonyl (C=O) groups excluding carboxylic acids is 1. The van der Waals surface area contributed by atoms with Crippen LogP contribution < -0.4 is 10.6 Å². The van der Waals surface area contributed by atoms with Crippen LogP contribution in [-0.2, 0) is 4.74 Å². The first-order valence-corrected chi connectivity index (χ1v) is 6.64. The van der Waals surface area contributed by atoms with Gasteiger partial charge in [0.15, 0.2) is 0 Å². The van der Waals surface area contributed by atoms with E-state index in [1.807, 2.05) is 20.8 Å². The zero-order valence-corrected chi connectivity index (χ0v) is 11.1. The highest BCUT2D eigenvalue weighted by atomic mass is 16.6. The first-order valence-electron chi connectivity index (χ1n) is 6.64. The Hall–Kier alpha value is -0.770. The molecule has 3 atom stereocenters. The standard InChI is InChI=1S/C13H24N2O2/c1-13(2,3)17-12(16)15-11-5-4-9-7-14-8-10(9)6-11/h9-11,14H,4-8H2,1-3H3,(H,15,16)/t9-,10-,11-/m1/s1. The van der Waals surface area contributed by atoms with Crippen molar-refractivity contribution in [3.8, 4) is 0 Å². The topological polar surface area (TPSA) is 50.4 Å². The van der Waals surface area contributed by atoms with E-state index < -0.39 is 5.60 Å². The van der Waals surface area contributed by atoms with Crippen LogP contribution in [0.2, 0.25) is 0 Å². The molecule has 0 radical (unpaired) electrons. The predicted octanol–water partition coefficient (Wildman–Crippen LogP) is 1.90. The van der Waals surface area contributed by atoms with Crippen molar-refractivity contribution in [3.05, 3.63) is 0 Å². The molecule has 0 bridgehead atoms. The third-order valence-corrected chi connectivity index (χ3v) is 3.67. The minimum absolute atomic E-state index is 0.271. The van der Waals surface area contributed by atoms with Gasteiger partial charge in [-0.25, -0.2) is 4.79 Å². The van der Waals surface area contributed by atoms with Crippen molar-refractivity contribution in [1.29, 1.82) is 0 Å². The molecule has 4 heteroatoms. The summed E-state index contributed by atoms with van der Waals surface area (Å²) in [7, 11) is 0. The van der Waals surface area contributed by atoms with Crippen molar-refractivity contribution in [1.82, 2.24) is 10.6 Å². The van der Waals surface area contributed by atoms with E-state index in [9.17, 15) is 4.79 Å². The highest BCUT2D eigenvalue weighted by Gasteiger charge is 2.34. The summed E-state index contributed by atoms with van der Waals surface area (Å²) in [5.41, 5.74) is -0.407. The Kier molecular flexibility index (Phi) is 3.61. The summed E-state index contributed by atoms with van der Waals surface area (Å²) >= 11 is 0. The normalized spacial score (nSPS) is 33.0. The summed E-state index contributed by atoms with van der Waals surface area (Å²) in [4.78, 5) is 11.7. The van der Waals surface area contributed by atoms with Gasteiger partial charge in [0.25, 0.3) is 0 Å². The predicted molar refractivity (Wildman–Crippen MR) is 66.9 cm³/mol. The monoisotopic (exact) mass is 240 g/mol. The molecule has 2 aliphatic rings. The smallest absolute Gasteiger partial charge is 0.407 e. The average molecular weight is 240 g/mol. The molecule has 1 aliphatic carbocycles. The van der Waals surface area contributed by atoms with Crippen LogP contribution in [0.15, 0.2) is 0 Å². The first kappa shape index (κ1) is 12.7. The average Bonchev–Trinajstić information content (AvgIpc) is 2.61. The number of hydrogen-bond acceptors (Lipinski definition) is 3. The second kappa shape index (κ2) is 4.84. The second-order valence-corrected chi connectivity index (χ2v) is 6.33. The van der Waals surface area contributed by atoms with Gasteiger partial charge in [-0.3, -0.25) is 0 Å². The quantitative estimate of drug-likeness (QED) is 0.736. The highest BCUT2D eigenvalue weighted by molar-refractivity contribution is 5.68. The van der Waals surface area contributed by atoms with E-state index in [0.29, 0.717) is 6.04 Å². The molecule has 1 amide bonds. The zero-order valence-electron chi connectivity index (χ0n) is 11.1. The van der Waals surface area contributed by atoms with Gasteiger partial charge in [-0.1, -0.05) is 0 Å². The number of hydrogen-bond donors (Lipinski definition) is 2. The van der Waals surface area contributed by atoms with Crippen molar-refractivity contribution >= 4 is 6.09 Å². The molecule has 98 valence electrons. The highest BCUT2D eigenvalue weighted by Crippen LogP contribution is 2.32. The van der Waals surface area contributed by atoms with Crippen molar-refractivity contribution in [2.45, 2.75) is 51.7 Å². The number of alkyl carbamates (subject to hydrolysis) is 1. The van der Waals surface area contributed by atoms with Crippen LogP contribution in [0, 0.1) is 11.8 Å². The maximum absolute atomic E-state index is 11.7. The van der Waals surface area contributed by atoms with Crippen molar-refractivity contribution < 1.29 is 9.53 Å². The zero-order chi connectivity index (χ0) is 12.5. The summed E-state index contributed by atoms with van der Waals surface area (Å²) in [6.45, 7) is 7.94. The van der Waals surface area contributed by atoms with E-state index in [2.05, 4.69) is 10.6 Å². The van der Waals surface area contributed by atoms with Gasteiger partial charge in [0.05, 0.1) is 0 Å². The fraction of sp³-hybridized carbons (Fsp3) is 0.923. The summed E-state index contributed by atoms with van der Waals surface area (Å²) in [6, 6.07) is 0.297. The second-order valence-electron chi connectivity index (χ2n) is 6.33. The van der Waals surface area contributed by atoms with Crippen LogP contribution >= 0.6 is 0 Å². The molecule has 0 unspecified atom stereocenters. The van der Waals surface area contributed by atoms with Gasteiger partial charge in [0.1, 0.15) is 5.60 Å². The lowest BCUT2D eigenvalue weighted by atomic mass is 9.79. The number of amides is 1. The Balaban J connectivity index is 1.78. The summed E-state index contributed by atoms with van der Waals surface area (Å²) < 4.78 is 5.29. The van der Waals surface area contributed by atoms with Crippen molar-refractivity contribution in [3.63, 3.8) is 0 Å². The molecule has 1 aliphatic heterocycles. The van der Waals surface area contributed by atoms with Crippen molar-refractivity contribution in [2.24, 2.45) is 11.8 Å². The minimum atomic E-state index is -0.407. The van der Waals surface area contributed by atoms with E-state index >= 15 is 0 Å². The van der Waals surface area contributed by atoms with E-state index in [1.54, 1.807) is 0 Å². The molecule has 0 aromatic rings. The number of carbonyl (C=O) groups is 1. The van der Waals surface area contributed by atoms with E-state index in [0.717, 1.165) is 37.8 Å². The molecule has 4 nitrogen and oxygen atoms in total. The number of nitrogens with one attached hydrogen (secondary N) is 2. The fourth-order valence-corrected chi connectivity index (χ4v) is 2.90. The van der Waals surface area contributed by atoms with Crippen LogP contribution in [0.1, 0.15) is 40.0 Å². The molecular formula is C13H24N2O2. The van der Waals surface area contributed by atoms with Gasteiger partial charge < -0.3 is 15.4 Å². The van der Waals surface area contributed by atoms with Gasteiger partial charge in [-0.05, 0) is 65.0 Å². The van der Waals surface area contributed by atoms with Gasteiger partial charge in [0.2, 0.25) is 0 Å². The molecule has 1 heterocycles. The molecular weight excluding hydrogens is 216 g/mol. The first-order chi connectivity index (χ1) is 7.94. The van der Waals surface area contributed by atoms with Crippen LogP contribution in [0.3, 0.4) is 0 Å². The van der Waals surface area contributed by atoms with E-state index in [1.165, 1.54) is 6.42 Å². The summed E-state index contributed by atoms with van der Waals surface area (Å²) in [5.74, 6) is 1.57. The largest absolute Gasteiger partial charge is 0.444 e. The lowest BCUT2D eigenvalue weighted by Crippen LogP contribution is -2.43. The maximum Gasteiger partial charge on any atom is 0.407 e. The van der Waals surface area contributed by atoms with Gasteiger partial charge in [0, 0.05) is 6.04 Å². The SMILES string of the molecule is CC(C)(C)OC(=O)N[C@@H]1CC[C@@H]2CNC[C@H]2C1. The lowest BCUT2D eigenvalue weighted by molar-refractivity contribution is 0.0479. The molecule has 0 spiro atoms. The van der Waals surface area contributed by atoms with Crippen LogP contribution in [-0.4, -0.2) is 30.8 Å². The molecule has 2 N–H and O–H groups in total. The fourth-order valence-electron chi connectivity index (χ4n) is 2.90. The Bertz CT molecular complexity index is 286. The molecule has 0 aromatic heterocycles. The van der Waals surface area contributed by atoms with Crippen LogP contribution in [0.25, 0.3) is 0 Å². The van der Waals surface area contributed by atoms with Crippen LogP contribution in [0.5, 0.6) is 0 Å². The summed E-state index contributed by atoms with van der Waals surface area (Å²) in [5, 5.41) is 6.43. The molecule has 2 fully saturated rings. The lowest BCUT2D eigenvalue weighted by Gasteiger charge is -2.32. The molecule has 1 saturated heterocycles. The molecule has 2 rings (SSSR count). The number of fused-ring (bicyclic) bond motifs is 1. The number of rotatable bonds is 1. The van der Waals surface area contributed by atoms with E-state index in [4.69, 9.17) is 4.74 Å². The Morgan fingerprint density at radius 1 is 1.24 bits per heavy atom. The Morgan fingerprint density at radius 2 is 1.94 bits per heavy atom. The van der Waals surface area contributed by atoms with Gasteiger partial charge in [-0.15, -0.1) is 0 Å². The molecule has 17 heavy (non-hydrogen) atoms. The Morgan fingerprint density at radius 3 is 2.65 bits per heavy atom. The van der Waals surface area contributed by atoms with Crippen LogP contribution in [0.4, 0.5) is 4.79 Å². The van der Waals surface area contributed by atoms with Gasteiger partial charge >= 0.3 is 6.09 Å². The van der Waals surface area contributed by atoms with Crippen molar-refractivity contribution in [2.75, 3.05) is 13.1 Å². The maximum atomic E-state index is 11.7. The molecule has 1 saturated carbocycles.